The van der Waals surface area contributed by atoms with Gasteiger partial charge in [-0.25, -0.2) is 4.98 Å². The fraction of sp³-hybridized carbons (Fsp3) is 0.318. The van der Waals surface area contributed by atoms with E-state index in [1.807, 2.05) is 25.3 Å². The number of hydrogen-bond acceptors (Lipinski definition) is 6. The molecule has 0 saturated carbocycles. The molecule has 2 N–H and O–H groups in total. The lowest BCUT2D eigenvalue weighted by Gasteiger charge is -2.22. The molecule has 0 fully saturated rings. The predicted octanol–water partition coefficient (Wildman–Crippen LogP) is 4.86. The minimum Gasteiger partial charge on any atom is -0.342 e. The fourth-order valence-electron chi connectivity index (χ4n) is 3.10. The Morgan fingerprint density at radius 3 is 2.58 bits per heavy atom. The number of amides is 2. The Labute approximate surface area is 206 Å². The van der Waals surface area contributed by atoms with E-state index in [0.29, 0.717) is 33.9 Å². The largest absolute Gasteiger partial charge is 0.342 e. The highest BCUT2D eigenvalue weighted by Gasteiger charge is 2.27. The first kappa shape index (κ1) is 25.0. The maximum absolute atomic E-state index is 12.9. The van der Waals surface area contributed by atoms with Gasteiger partial charge in [0.25, 0.3) is 5.91 Å². The minimum absolute atomic E-state index is 0.0276. The molecule has 1 atom stereocenters. The van der Waals surface area contributed by atoms with Crippen molar-refractivity contribution < 1.29 is 9.59 Å². The lowest BCUT2D eigenvalue weighted by molar-refractivity contribution is -0.113. The molecular weight excluding hydrogens is 483 g/mol. The van der Waals surface area contributed by atoms with E-state index in [-0.39, 0.29) is 28.5 Å². The molecule has 1 aromatic carbocycles. The number of aromatic nitrogens is 4. The Kier molecular flexibility index (Phi) is 8.71. The maximum Gasteiger partial charge on any atom is 0.253 e. The zero-order chi connectivity index (χ0) is 24.0. The van der Waals surface area contributed by atoms with Crippen molar-refractivity contribution in [2.24, 2.45) is 5.92 Å². The quantitative estimate of drug-likeness (QED) is 0.401. The highest BCUT2D eigenvalue weighted by Crippen LogP contribution is 2.27. The van der Waals surface area contributed by atoms with Crippen molar-refractivity contribution in [2.75, 3.05) is 11.1 Å². The SMILES string of the molecule is CCn1c(SCC(=O)Nc2ccccn2)nnc1[C@@H](NC(=O)c1ccc(Cl)cc1Cl)C(C)C. The lowest BCUT2D eigenvalue weighted by Crippen LogP contribution is -2.34. The van der Waals surface area contributed by atoms with Gasteiger partial charge in [0.1, 0.15) is 5.82 Å². The van der Waals surface area contributed by atoms with Gasteiger partial charge in [-0.2, -0.15) is 0 Å². The standard InChI is InChI=1S/C22H24Cl2N6O2S/c1-4-30-20(19(13(2)3)27-21(32)15-9-8-14(23)11-16(15)24)28-29-22(30)33-12-18(31)26-17-7-5-6-10-25-17/h5-11,13,19H,4,12H2,1-3H3,(H,27,32)(H,25,26,31)/t19-/m0/s1. The smallest absolute Gasteiger partial charge is 0.253 e. The van der Waals surface area contributed by atoms with Gasteiger partial charge in [-0.3, -0.25) is 9.59 Å². The third-order valence-electron chi connectivity index (χ3n) is 4.73. The molecule has 0 radical (unpaired) electrons. The van der Waals surface area contributed by atoms with Crippen LogP contribution >= 0.6 is 35.0 Å². The average Bonchev–Trinajstić information content (AvgIpc) is 3.18. The third-order valence-corrected chi connectivity index (χ3v) is 6.25. The molecule has 0 bridgehead atoms. The van der Waals surface area contributed by atoms with Gasteiger partial charge in [0.15, 0.2) is 11.0 Å². The van der Waals surface area contributed by atoms with Crippen LogP contribution in [-0.4, -0.2) is 37.3 Å². The molecule has 0 aliphatic carbocycles. The van der Waals surface area contributed by atoms with E-state index < -0.39 is 6.04 Å². The summed E-state index contributed by atoms with van der Waals surface area (Å²) in [5, 5.41) is 15.7. The number of nitrogens with zero attached hydrogens (tertiary/aromatic N) is 4. The number of nitrogens with one attached hydrogen (secondary N) is 2. The molecule has 0 saturated heterocycles. The normalized spacial score (nSPS) is 11.9. The van der Waals surface area contributed by atoms with Gasteiger partial charge in [-0.05, 0) is 43.2 Å². The fourth-order valence-corrected chi connectivity index (χ4v) is 4.41. The van der Waals surface area contributed by atoms with E-state index in [2.05, 4.69) is 25.8 Å². The number of carbonyl (C=O) groups is 2. The number of pyridine rings is 1. The Balaban J connectivity index is 1.73. The van der Waals surface area contributed by atoms with Crippen LogP contribution in [-0.2, 0) is 11.3 Å². The second-order valence-corrected chi connectivity index (χ2v) is 9.24. The van der Waals surface area contributed by atoms with Crippen LogP contribution in [0.25, 0.3) is 0 Å². The van der Waals surface area contributed by atoms with E-state index >= 15 is 0 Å². The summed E-state index contributed by atoms with van der Waals surface area (Å²) in [5.41, 5.74) is 0.329. The van der Waals surface area contributed by atoms with Gasteiger partial charge in [-0.15, -0.1) is 10.2 Å². The van der Waals surface area contributed by atoms with Crippen LogP contribution in [0.15, 0.2) is 47.8 Å². The van der Waals surface area contributed by atoms with Gasteiger partial charge < -0.3 is 15.2 Å². The van der Waals surface area contributed by atoms with Gasteiger partial charge in [0, 0.05) is 17.8 Å². The Bertz CT molecular complexity index is 1120. The van der Waals surface area contributed by atoms with Gasteiger partial charge in [0.05, 0.1) is 22.4 Å². The molecule has 2 amide bonds. The minimum atomic E-state index is -0.409. The highest BCUT2D eigenvalue weighted by molar-refractivity contribution is 7.99. The first-order valence-corrected chi connectivity index (χ1v) is 12.1. The van der Waals surface area contributed by atoms with Crippen LogP contribution in [0.1, 0.15) is 43.0 Å². The summed E-state index contributed by atoms with van der Waals surface area (Å²) in [6.45, 7) is 6.50. The van der Waals surface area contributed by atoms with Crippen LogP contribution in [0.3, 0.4) is 0 Å². The topological polar surface area (TPSA) is 102 Å². The van der Waals surface area contributed by atoms with E-state index in [1.54, 1.807) is 36.5 Å². The Morgan fingerprint density at radius 1 is 1.15 bits per heavy atom. The van der Waals surface area contributed by atoms with Gasteiger partial charge in [0.2, 0.25) is 5.91 Å². The summed E-state index contributed by atoms with van der Waals surface area (Å²) >= 11 is 13.4. The molecule has 174 valence electrons. The number of halogens is 2. The van der Waals surface area contributed by atoms with Crippen LogP contribution in [0.4, 0.5) is 5.82 Å². The van der Waals surface area contributed by atoms with E-state index in [0.717, 1.165) is 0 Å². The predicted molar refractivity (Wildman–Crippen MR) is 131 cm³/mol. The second-order valence-electron chi connectivity index (χ2n) is 7.46. The molecule has 8 nitrogen and oxygen atoms in total. The molecular formula is C22H24Cl2N6O2S. The van der Waals surface area contributed by atoms with Gasteiger partial charge >= 0.3 is 0 Å². The molecule has 33 heavy (non-hydrogen) atoms. The van der Waals surface area contributed by atoms with Crippen LogP contribution < -0.4 is 10.6 Å². The molecule has 2 heterocycles. The highest BCUT2D eigenvalue weighted by atomic mass is 35.5. The van der Waals surface area contributed by atoms with E-state index in [1.165, 1.54) is 17.8 Å². The van der Waals surface area contributed by atoms with Crippen molar-refractivity contribution in [2.45, 2.75) is 38.5 Å². The monoisotopic (exact) mass is 506 g/mol. The second kappa shape index (κ2) is 11.5. The van der Waals surface area contributed by atoms with Crippen molar-refractivity contribution in [3.05, 3.63) is 64.0 Å². The van der Waals surface area contributed by atoms with Gasteiger partial charge in [-0.1, -0.05) is 54.9 Å². The Morgan fingerprint density at radius 2 is 1.94 bits per heavy atom. The molecule has 0 aliphatic heterocycles. The van der Waals surface area contributed by atoms with Crippen molar-refractivity contribution in [3.63, 3.8) is 0 Å². The zero-order valence-electron chi connectivity index (χ0n) is 18.4. The molecule has 0 aliphatic rings. The summed E-state index contributed by atoms with van der Waals surface area (Å²) < 4.78 is 1.90. The Hall–Kier alpha value is -2.62. The summed E-state index contributed by atoms with van der Waals surface area (Å²) in [5.74, 6) is 0.748. The molecule has 3 aromatic rings. The van der Waals surface area contributed by atoms with Crippen molar-refractivity contribution in [3.8, 4) is 0 Å². The van der Waals surface area contributed by atoms with Crippen molar-refractivity contribution in [1.82, 2.24) is 25.1 Å². The number of anilines is 1. The lowest BCUT2D eigenvalue weighted by atomic mass is 10.0. The van der Waals surface area contributed by atoms with Crippen molar-refractivity contribution in [1.29, 1.82) is 0 Å². The number of hydrogen-bond donors (Lipinski definition) is 2. The van der Waals surface area contributed by atoms with Crippen molar-refractivity contribution >= 4 is 52.6 Å². The maximum atomic E-state index is 12.9. The number of carbonyl (C=O) groups excluding carboxylic acids is 2. The molecule has 11 heteroatoms. The molecule has 0 unspecified atom stereocenters. The van der Waals surface area contributed by atoms with E-state index in [9.17, 15) is 9.59 Å². The number of benzene rings is 1. The number of thioether (sulfide) groups is 1. The molecule has 2 aromatic heterocycles. The molecule has 3 rings (SSSR count). The summed E-state index contributed by atoms with van der Waals surface area (Å²) in [6.07, 6.45) is 1.61. The van der Waals surface area contributed by atoms with Crippen LogP contribution in [0.2, 0.25) is 10.0 Å². The summed E-state index contributed by atoms with van der Waals surface area (Å²) in [7, 11) is 0. The molecule has 0 spiro atoms. The average molecular weight is 507 g/mol. The first-order valence-electron chi connectivity index (χ1n) is 10.3. The number of rotatable bonds is 9. The summed E-state index contributed by atoms with van der Waals surface area (Å²) in [6, 6.07) is 9.62. The van der Waals surface area contributed by atoms with E-state index in [4.69, 9.17) is 23.2 Å². The summed E-state index contributed by atoms with van der Waals surface area (Å²) in [4.78, 5) is 29.3. The first-order chi connectivity index (χ1) is 15.8. The zero-order valence-corrected chi connectivity index (χ0v) is 20.7. The van der Waals surface area contributed by atoms with Crippen LogP contribution in [0, 0.1) is 5.92 Å². The van der Waals surface area contributed by atoms with Crippen LogP contribution in [0.5, 0.6) is 0 Å². The third kappa shape index (κ3) is 6.46.